The molecule has 0 amide bonds. The molecule has 4 heteroatoms. The molecule has 0 aromatic heterocycles. The molecule has 1 aromatic carbocycles. The van der Waals surface area contributed by atoms with Crippen molar-refractivity contribution in [3.63, 3.8) is 0 Å². The Bertz CT molecular complexity index is 411. The summed E-state index contributed by atoms with van der Waals surface area (Å²) < 4.78 is 5.29. The molecule has 0 spiro atoms. The molecule has 4 nitrogen and oxygen atoms in total. The molecule has 1 aliphatic rings. The third kappa shape index (κ3) is 3.47. The molecule has 2 N–H and O–H groups in total. The Morgan fingerprint density at radius 3 is 2.78 bits per heavy atom. The maximum absolute atomic E-state index is 5.97. The Morgan fingerprint density at radius 1 is 1.33 bits per heavy atom. The van der Waals surface area contributed by atoms with Crippen molar-refractivity contribution in [2.45, 2.75) is 13.3 Å². The van der Waals surface area contributed by atoms with Crippen molar-refractivity contribution >= 4 is 5.96 Å². The molecule has 98 valence electrons. The number of rotatable bonds is 3. The lowest BCUT2D eigenvalue weighted by molar-refractivity contribution is 0.0674. The van der Waals surface area contributed by atoms with E-state index in [0.29, 0.717) is 5.96 Å². The van der Waals surface area contributed by atoms with Crippen LogP contribution in [0.15, 0.2) is 29.3 Å². The highest BCUT2D eigenvalue weighted by atomic mass is 16.5. The number of aliphatic imine (C=N–C) groups is 1. The second kappa shape index (κ2) is 6.40. The molecule has 0 unspecified atom stereocenters. The number of morpholine rings is 1. The van der Waals surface area contributed by atoms with Gasteiger partial charge < -0.3 is 15.4 Å². The van der Waals surface area contributed by atoms with Crippen molar-refractivity contribution in [1.82, 2.24) is 4.90 Å². The summed E-state index contributed by atoms with van der Waals surface area (Å²) in [4.78, 5) is 6.53. The van der Waals surface area contributed by atoms with E-state index in [1.54, 1.807) is 0 Å². The smallest absolute Gasteiger partial charge is 0.191 e. The van der Waals surface area contributed by atoms with Crippen molar-refractivity contribution in [2.24, 2.45) is 10.7 Å². The van der Waals surface area contributed by atoms with Crippen molar-refractivity contribution in [2.75, 3.05) is 32.8 Å². The molecule has 0 atom stereocenters. The fourth-order valence-electron chi connectivity index (χ4n) is 2.07. The van der Waals surface area contributed by atoms with Crippen LogP contribution in [0.2, 0.25) is 0 Å². The number of benzene rings is 1. The van der Waals surface area contributed by atoms with Crippen LogP contribution in [-0.4, -0.2) is 43.7 Å². The summed E-state index contributed by atoms with van der Waals surface area (Å²) in [6.45, 7) is 6.06. The summed E-state index contributed by atoms with van der Waals surface area (Å²) in [5.41, 5.74) is 8.63. The van der Waals surface area contributed by atoms with Gasteiger partial charge in [-0.2, -0.15) is 0 Å². The summed E-state index contributed by atoms with van der Waals surface area (Å²) in [5, 5.41) is 0. The SMILES string of the molecule is Cc1ccccc1CCN=C(N)N1CCOCC1. The predicted octanol–water partition coefficient (Wildman–Crippen LogP) is 1.18. The highest BCUT2D eigenvalue weighted by molar-refractivity contribution is 5.78. The Kier molecular flexibility index (Phi) is 4.59. The van der Waals surface area contributed by atoms with Gasteiger partial charge in [-0.1, -0.05) is 24.3 Å². The van der Waals surface area contributed by atoms with E-state index >= 15 is 0 Å². The van der Waals surface area contributed by atoms with Gasteiger partial charge in [-0.3, -0.25) is 4.99 Å². The average Bonchev–Trinajstić information content (AvgIpc) is 2.42. The van der Waals surface area contributed by atoms with Gasteiger partial charge >= 0.3 is 0 Å². The van der Waals surface area contributed by atoms with E-state index in [2.05, 4.69) is 41.1 Å². The van der Waals surface area contributed by atoms with Crippen LogP contribution >= 0.6 is 0 Å². The number of aryl methyl sites for hydroxylation is 1. The van der Waals surface area contributed by atoms with E-state index in [9.17, 15) is 0 Å². The zero-order valence-electron chi connectivity index (χ0n) is 10.9. The van der Waals surface area contributed by atoms with E-state index in [4.69, 9.17) is 10.5 Å². The van der Waals surface area contributed by atoms with Crippen LogP contribution < -0.4 is 5.73 Å². The maximum Gasteiger partial charge on any atom is 0.191 e. The minimum atomic E-state index is 0.645. The Hall–Kier alpha value is -1.55. The quantitative estimate of drug-likeness (QED) is 0.644. The average molecular weight is 247 g/mol. The van der Waals surface area contributed by atoms with Gasteiger partial charge in [0.2, 0.25) is 0 Å². The molecular formula is C14H21N3O. The third-order valence-corrected chi connectivity index (χ3v) is 3.25. The molecule has 1 aromatic rings. The summed E-state index contributed by atoms with van der Waals surface area (Å²) in [6.07, 6.45) is 0.942. The Balaban J connectivity index is 1.85. The summed E-state index contributed by atoms with van der Waals surface area (Å²) in [5.74, 6) is 0.645. The second-order valence-corrected chi connectivity index (χ2v) is 4.52. The molecule has 18 heavy (non-hydrogen) atoms. The number of guanidine groups is 1. The van der Waals surface area contributed by atoms with Gasteiger partial charge in [0.15, 0.2) is 5.96 Å². The van der Waals surface area contributed by atoms with Crippen LogP contribution in [0.25, 0.3) is 0 Å². The summed E-state index contributed by atoms with van der Waals surface area (Å²) in [7, 11) is 0. The van der Waals surface area contributed by atoms with Crippen molar-refractivity contribution in [1.29, 1.82) is 0 Å². The lowest BCUT2D eigenvalue weighted by Gasteiger charge is -2.27. The van der Waals surface area contributed by atoms with Gasteiger partial charge in [-0.25, -0.2) is 0 Å². The first-order valence-electron chi connectivity index (χ1n) is 6.44. The maximum atomic E-state index is 5.97. The van der Waals surface area contributed by atoms with E-state index in [1.165, 1.54) is 11.1 Å². The molecule has 0 aliphatic carbocycles. The normalized spacial score (nSPS) is 16.9. The van der Waals surface area contributed by atoms with Gasteiger partial charge in [-0.15, -0.1) is 0 Å². The Morgan fingerprint density at radius 2 is 2.06 bits per heavy atom. The van der Waals surface area contributed by atoms with E-state index in [-0.39, 0.29) is 0 Å². The van der Waals surface area contributed by atoms with E-state index < -0.39 is 0 Å². The third-order valence-electron chi connectivity index (χ3n) is 3.25. The van der Waals surface area contributed by atoms with Crippen LogP contribution in [0.4, 0.5) is 0 Å². The van der Waals surface area contributed by atoms with Crippen LogP contribution in [-0.2, 0) is 11.2 Å². The molecule has 0 saturated carbocycles. The molecular weight excluding hydrogens is 226 g/mol. The van der Waals surface area contributed by atoms with Crippen molar-refractivity contribution in [3.8, 4) is 0 Å². The predicted molar refractivity (Wildman–Crippen MR) is 73.8 cm³/mol. The van der Waals surface area contributed by atoms with Crippen molar-refractivity contribution in [3.05, 3.63) is 35.4 Å². The lowest BCUT2D eigenvalue weighted by atomic mass is 10.1. The lowest BCUT2D eigenvalue weighted by Crippen LogP contribution is -2.44. The highest BCUT2D eigenvalue weighted by Crippen LogP contribution is 2.07. The van der Waals surface area contributed by atoms with Gasteiger partial charge in [0.1, 0.15) is 0 Å². The van der Waals surface area contributed by atoms with Crippen LogP contribution in [0, 0.1) is 6.92 Å². The Labute approximate surface area is 108 Å². The standard InChI is InChI=1S/C14H21N3O/c1-12-4-2-3-5-13(12)6-7-16-14(15)17-8-10-18-11-9-17/h2-5H,6-11H2,1H3,(H2,15,16). The summed E-state index contributed by atoms with van der Waals surface area (Å²) in [6, 6.07) is 8.40. The molecule has 2 rings (SSSR count). The first-order chi connectivity index (χ1) is 8.77. The van der Waals surface area contributed by atoms with Gasteiger partial charge in [0.05, 0.1) is 13.2 Å². The van der Waals surface area contributed by atoms with Gasteiger partial charge in [0.25, 0.3) is 0 Å². The van der Waals surface area contributed by atoms with Crippen LogP contribution in [0.1, 0.15) is 11.1 Å². The van der Waals surface area contributed by atoms with Gasteiger partial charge in [-0.05, 0) is 24.5 Å². The number of hydrogen-bond acceptors (Lipinski definition) is 2. The molecule has 0 bridgehead atoms. The van der Waals surface area contributed by atoms with Crippen LogP contribution in [0.3, 0.4) is 0 Å². The topological polar surface area (TPSA) is 50.8 Å². The molecule has 1 heterocycles. The first kappa shape index (κ1) is 12.9. The fourth-order valence-corrected chi connectivity index (χ4v) is 2.07. The van der Waals surface area contributed by atoms with Crippen LogP contribution in [0.5, 0.6) is 0 Å². The molecule has 1 fully saturated rings. The number of nitrogens with zero attached hydrogens (tertiary/aromatic N) is 2. The van der Waals surface area contributed by atoms with Crippen molar-refractivity contribution < 1.29 is 4.74 Å². The second-order valence-electron chi connectivity index (χ2n) is 4.52. The number of nitrogens with two attached hydrogens (primary N) is 1. The minimum Gasteiger partial charge on any atom is -0.378 e. The van der Waals surface area contributed by atoms with E-state index in [0.717, 1.165) is 39.3 Å². The molecule has 1 saturated heterocycles. The number of ether oxygens (including phenoxy) is 1. The largest absolute Gasteiger partial charge is 0.378 e. The zero-order valence-corrected chi connectivity index (χ0v) is 10.9. The first-order valence-corrected chi connectivity index (χ1v) is 6.44. The zero-order chi connectivity index (χ0) is 12.8. The van der Waals surface area contributed by atoms with Gasteiger partial charge in [0, 0.05) is 19.6 Å². The summed E-state index contributed by atoms with van der Waals surface area (Å²) >= 11 is 0. The van der Waals surface area contributed by atoms with E-state index in [1.807, 2.05) is 0 Å². The minimum absolute atomic E-state index is 0.645. The highest BCUT2D eigenvalue weighted by Gasteiger charge is 2.11. The monoisotopic (exact) mass is 247 g/mol. The molecule has 1 aliphatic heterocycles. The fraction of sp³-hybridized carbons (Fsp3) is 0.500. The number of hydrogen-bond donors (Lipinski definition) is 1. The molecule has 0 radical (unpaired) electrons.